The molecule has 0 amide bonds. The van der Waals surface area contributed by atoms with Crippen molar-refractivity contribution >= 4 is 45.0 Å². The molecule has 4 heteroatoms. The maximum absolute atomic E-state index is 12.8. The van der Waals surface area contributed by atoms with Gasteiger partial charge in [0.05, 0.1) is 10.8 Å². The average Bonchev–Trinajstić information content (AvgIpc) is 2.38. The van der Waals surface area contributed by atoms with Crippen molar-refractivity contribution < 1.29 is 4.21 Å². The van der Waals surface area contributed by atoms with Gasteiger partial charge in [0, 0.05) is 23.8 Å². The highest BCUT2D eigenvalue weighted by atomic mass is 127. The summed E-state index contributed by atoms with van der Waals surface area (Å²) in [5.74, 6) is 0. The van der Waals surface area contributed by atoms with Crippen molar-refractivity contribution in [2.75, 3.05) is 0 Å². The standard InChI is InChI=1S/C16H16ClIOS/c1-16(2,3)20(19)14-10-6-8-12(17)15(14)11-7-4-5-9-13(11)18/h4-10H,1-3H3. The number of hydrogen-bond acceptors (Lipinski definition) is 1. The van der Waals surface area contributed by atoms with E-state index in [1.54, 1.807) is 0 Å². The maximum atomic E-state index is 12.8. The number of halogens is 2. The van der Waals surface area contributed by atoms with Gasteiger partial charge >= 0.3 is 0 Å². The van der Waals surface area contributed by atoms with E-state index >= 15 is 0 Å². The first-order chi connectivity index (χ1) is 9.32. The van der Waals surface area contributed by atoms with E-state index in [1.807, 2.05) is 63.2 Å². The second-order valence-electron chi connectivity index (χ2n) is 5.47. The summed E-state index contributed by atoms with van der Waals surface area (Å²) >= 11 is 8.68. The SMILES string of the molecule is CC(C)(C)S(=O)c1cccc(Cl)c1-c1ccccc1I. The molecular formula is C16H16ClIOS. The van der Waals surface area contributed by atoms with Gasteiger partial charge in [0.1, 0.15) is 0 Å². The van der Waals surface area contributed by atoms with Gasteiger partial charge in [0.15, 0.2) is 0 Å². The van der Waals surface area contributed by atoms with Gasteiger partial charge in [-0.1, -0.05) is 35.9 Å². The lowest BCUT2D eigenvalue weighted by atomic mass is 10.1. The molecule has 2 aromatic rings. The lowest BCUT2D eigenvalue weighted by molar-refractivity contribution is 0.649. The molecule has 2 aromatic carbocycles. The van der Waals surface area contributed by atoms with Crippen molar-refractivity contribution in [3.8, 4) is 11.1 Å². The third kappa shape index (κ3) is 3.26. The van der Waals surface area contributed by atoms with Crippen LogP contribution in [0.15, 0.2) is 47.4 Å². The van der Waals surface area contributed by atoms with E-state index < -0.39 is 10.8 Å². The van der Waals surface area contributed by atoms with Crippen LogP contribution in [0.2, 0.25) is 5.02 Å². The normalized spacial score (nSPS) is 13.2. The van der Waals surface area contributed by atoms with Crippen molar-refractivity contribution in [2.24, 2.45) is 0 Å². The summed E-state index contributed by atoms with van der Waals surface area (Å²) in [7, 11) is -1.12. The molecule has 1 unspecified atom stereocenters. The minimum absolute atomic E-state index is 0.320. The maximum Gasteiger partial charge on any atom is 0.0590 e. The zero-order chi connectivity index (χ0) is 14.9. The molecule has 0 fully saturated rings. The van der Waals surface area contributed by atoms with Crippen molar-refractivity contribution in [2.45, 2.75) is 30.4 Å². The summed E-state index contributed by atoms with van der Waals surface area (Å²) in [4.78, 5) is 0.800. The Hall–Kier alpha value is -0.390. The van der Waals surface area contributed by atoms with Crippen molar-refractivity contribution in [1.82, 2.24) is 0 Å². The number of hydrogen-bond donors (Lipinski definition) is 0. The molecule has 0 heterocycles. The van der Waals surface area contributed by atoms with Gasteiger partial charge in [-0.05, 0) is 67.1 Å². The van der Waals surface area contributed by atoms with E-state index in [2.05, 4.69) is 22.6 Å². The van der Waals surface area contributed by atoms with E-state index in [4.69, 9.17) is 11.6 Å². The molecule has 106 valence electrons. The smallest absolute Gasteiger partial charge is 0.0590 e. The Balaban J connectivity index is 2.71. The van der Waals surface area contributed by atoms with Crippen molar-refractivity contribution in [1.29, 1.82) is 0 Å². The monoisotopic (exact) mass is 418 g/mol. The van der Waals surface area contributed by atoms with Gasteiger partial charge in [-0.25, -0.2) is 0 Å². The summed E-state index contributed by atoms with van der Waals surface area (Å²) in [6.45, 7) is 5.93. The molecule has 0 aliphatic rings. The predicted molar refractivity (Wildman–Crippen MR) is 95.8 cm³/mol. The zero-order valence-electron chi connectivity index (χ0n) is 11.6. The zero-order valence-corrected chi connectivity index (χ0v) is 15.3. The summed E-state index contributed by atoms with van der Waals surface area (Å²) < 4.78 is 13.6. The van der Waals surface area contributed by atoms with E-state index in [0.29, 0.717) is 5.02 Å². The Morgan fingerprint density at radius 3 is 2.30 bits per heavy atom. The Labute approximate surface area is 141 Å². The summed E-state index contributed by atoms with van der Waals surface area (Å²) in [5.41, 5.74) is 1.92. The van der Waals surface area contributed by atoms with Crippen LogP contribution in [0, 0.1) is 3.57 Å². The van der Waals surface area contributed by atoms with Crippen LogP contribution >= 0.6 is 34.2 Å². The topological polar surface area (TPSA) is 17.1 Å². The highest BCUT2D eigenvalue weighted by molar-refractivity contribution is 14.1. The first-order valence-electron chi connectivity index (χ1n) is 6.27. The molecule has 0 aliphatic heterocycles. The molecule has 0 radical (unpaired) electrons. The third-order valence-corrected chi connectivity index (χ3v) is 5.98. The van der Waals surface area contributed by atoms with Gasteiger partial charge in [-0.3, -0.25) is 4.21 Å². The van der Waals surface area contributed by atoms with E-state index in [1.165, 1.54) is 0 Å². The highest BCUT2D eigenvalue weighted by Gasteiger charge is 2.25. The molecule has 0 N–H and O–H groups in total. The van der Waals surface area contributed by atoms with Crippen LogP contribution in [0.4, 0.5) is 0 Å². The van der Waals surface area contributed by atoms with E-state index in [-0.39, 0.29) is 4.75 Å². The second-order valence-corrected chi connectivity index (χ2v) is 9.25. The van der Waals surface area contributed by atoms with Crippen molar-refractivity contribution in [3.05, 3.63) is 51.1 Å². The second kappa shape index (κ2) is 6.16. The van der Waals surface area contributed by atoms with Crippen LogP contribution in [-0.2, 0) is 10.8 Å². The van der Waals surface area contributed by atoms with Gasteiger partial charge < -0.3 is 0 Å². The average molecular weight is 419 g/mol. The fourth-order valence-electron chi connectivity index (χ4n) is 1.91. The van der Waals surface area contributed by atoms with Gasteiger partial charge in [-0.2, -0.15) is 0 Å². The molecule has 1 nitrogen and oxygen atoms in total. The third-order valence-electron chi connectivity index (χ3n) is 2.87. The summed E-state index contributed by atoms with van der Waals surface area (Å²) in [5, 5.41) is 0.643. The Morgan fingerprint density at radius 2 is 1.70 bits per heavy atom. The Kier molecular flexibility index (Phi) is 4.92. The molecule has 0 saturated heterocycles. The molecule has 0 spiro atoms. The molecule has 0 aliphatic carbocycles. The minimum Gasteiger partial charge on any atom is -0.254 e. The number of benzene rings is 2. The van der Waals surface area contributed by atoms with Gasteiger partial charge in [0.25, 0.3) is 0 Å². The highest BCUT2D eigenvalue weighted by Crippen LogP contribution is 2.38. The Morgan fingerprint density at radius 1 is 1.05 bits per heavy atom. The van der Waals surface area contributed by atoms with E-state index in [0.717, 1.165) is 19.6 Å². The molecule has 0 saturated carbocycles. The first-order valence-corrected chi connectivity index (χ1v) is 8.88. The molecule has 20 heavy (non-hydrogen) atoms. The lowest BCUT2D eigenvalue weighted by Gasteiger charge is -2.21. The van der Waals surface area contributed by atoms with Crippen LogP contribution in [0.3, 0.4) is 0 Å². The largest absolute Gasteiger partial charge is 0.254 e. The molecule has 2 rings (SSSR count). The molecule has 0 bridgehead atoms. The molecule has 1 atom stereocenters. The van der Waals surface area contributed by atoms with Crippen molar-refractivity contribution in [3.63, 3.8) is 0 Å². The fraction of sp³-hybridized carbons (Fsp3) is 0.250. The van der Waals surface area contributed by atoms with Crippen LogP contribution < -0.4 is 0 Å². The quantitative estimate of drug-likeness (QED) is 0.587. The van der Waals surface area contributed by atoms with Crippen LogP contribution in [0.5, 0.6) is 0 Å². The van der Waals surface area contributed by atoms with Crippen LogP contribution in [0.1, 0.15) is 20.8 Å². The predicted octanol–water partition coefficient (Wildman–Crippen LogP) is 5.52. The van der Waals surface area contributed by atoms with Gasteiger partial charge in [-0.15, -0.1) is 0 Å². The van der Waals surface area contributed by atoms with Crippen LogP contribution in [0.25, 0.3) is 11.1 Å². The first kappa shape index (κ1) is 16.0. The van der Waals surface area contributed by atoms with Gasteiger partial charge in [0.2, 0.25) is 0 Å². The summed E-state index contributed by atoms with van der Waals surface area (Å²) in [6.07, 6.45) is 0. The fourth-order valence-corrected chi connectivity index (χ4v) is 4.17. The lowest BCUT2D eigenvalue weighted by Crippen LogP contribution is -2.22. The molecule has 0 aromatic heterocycles. The molecular weight excluding hydrogens is 403 g/mol. The minimum atomic E-state index is -1.12. The Bertz CT molecular complexity index is 662. The number of rotatable bonds is 2. The van der Waals surface area contributed by atoms with E-state index in [9.17, 15) is 4.21 Å². The summed E-state index contributed by atoms with van der Waals surface area (Å²) in [6, 6.07) is 13.6. The van der Waals surface area contributed by atoms with Crippen LogP contribution in [-0.4, -0.2) is 8.96 Å².